The summed E-state index contributed by atoms with van der Waals surface area (Å²) in [6, 6.07) is 10.5. The van der Waals surface area contributed by atoms with Gasteiger partial charge in [-0.05, 0) is 61.2 Å². The first-order valence-electron chi connectivity index (χ1n) is 13.5. The van der Waals surface area contributed by atoms with Crippen molar-refractivity contribution in [3.63, 3.8) is 0 Å². The van der Waals surface area contributed by atoms with E-state index in [2.05, 4.69) is 4.98 Å². The number of hydrogen-bond acceptors (Lipinski definition) is 7. The normalized spacial score (nSPS) is 14.5. The standard InChI is InChI=1S/C31H24F5N3O6/c1-3-45-29(44)22-25(40)23-24(16(2)18(13-37-23)12-17-8-10-19(32)11-9-17)38(28(22)43)14-30(33,31(34,35)36)15-39-26(41)20-6-4-5-7-21(20)27(39)42/h4-11,13,40H,3,12,14-15H2,1-2H3. The third-order valence-electron chi connectivity index (χ3n) is 7.59. The number of aryl methyl sites for hydroxylation is 1. The highest BCUT2D eigenvalue weighted by molar-refractivity contribution is 6.21. The van der Waals surface area contributed by atoms with Gasteiger partial charge in [0, 0.05) is 6.20 Å². The number of amides is 2. The number of halogens is 5. The number of ether oxygens (including phenoxy) is 1. The van der Waals surface area contributed by atoms with Gasteiger partial charge in [0.15, 0.2) is 11.3 Å². The highest BCUT2D eigenvalue weighted by Crippen LogP contribution is 2.39. The molecule has 0 bridgehead atoms. The van der Waals surface area contributed by atoms with E-state index in [1.165, 1.54) is 68.6 Å². The van der Waals surface area contributed by atoms with E-state index < -0.39 is 76.4 Å². The van der Waals surface area contributed by atoms with Crippen LogP contribution in [0.15, 0.2) is 59.5 Å². The maximum absolute atomic E-state index is 16.4. The van der Waals surface area contributed by atoms with Crippen LogP contribution < -0.4 is 5.56 Å². The molecule has 0 saturated carbocycles. The summed E-state index contributed by atoms with van der Waals surface area (Å²) >= 11 is 0. The lowest BCUT2D eigenvalue weighted by molar-refractivity contribution is -0.236. The van der Waals surface area contributed by atoms with Gasteiger partial charge in [0.1, 0.15) is 11.3 Å². The van der Waals surface area contributed by atoms with Crippen LogP contribution in [0.5, 0.6) is 5.75 Å². The zero-order valence-electron chi connectivity index (χ0n) is 23.7. The molecule has 0 radical (unpaired) electrons. The Morgan fingerprint density at radius 3 is 2.11 bits per heavy atom. The molecule has 1 N–H and O–H groups in total. The molecule has 9 nitrogen and oxygen atoms in total. The largest absolute Gasteiger partial charge is 0.505 e. The summed E-state index contributed by atoms with van der Waals surface area (Å²) < 4.78 is 78.8. The molecule has 2 amide bonds. The third-order valence-corrected chi connectivity index (χ3v) is 7.59. The first kappa shape index (κ1) is 31.3. The molecule has 1 atom stereocenters. The Labute approximate surface area is 251 Å². The Morgan fingerprint density at radius 1 is 0.956 bits per heavy atom. The van der Waals surface area contributed by atoms with Gasteiger partial charge in [0.2, 0.25) is 5.67 Å². The number of aromatic nitrogens is 2. The van der Waals surface area contributed by atoms with Gasteiger partial charge >= 0.3 is 12.1 Å². The molecule has 45 heavy (non-hydrogen) atoms. The Kier molecular flexibility index (Phi) is 7.94. The molecule has 2 aromatic heterocycles. The van der Waals surface area contributed by atoms with Gasteiger partial charge in [0.05, 0.1) is 36.3 Å². The maximum atomic E-state index is 16.4. The number of esters is 1. The minimum Gasteiger partial charge on any atom is -0.505 e. The number of imide groups is 1. The number of carbonyl (C=O) groups excluding carboxylic acids is 3. The van der Waals surface area contributed by atoms with E-state index in [4.69, 9.17) is 4.74 Å². The number of fused-ring (bicyclic) bond motifs is 2. The Bertz CT molecular complexity index is 1890. The minimum atomic E-state index is -5.75. The van der Waals surface area contributed by atoms with Gasteiger partial charge in [-0.25, -0.2) is 13.6 Å². The van der Waals surface area contributed by atoms with Crippen molar-refractivity contribution in [2.75, 3.05) is 13.2 Å². The van der Waals surface area contributed by atoms with E-state index in [9.17, 15) is 41.8 Å². The van der Waals surface area contributed by atoms with E-state index in [1.54, 1.807) is 0 Å². The lowest BCUT2D eigenvalue weighted by atomic mass is 9.99. The van der Waals surface area contributed by atoms with Crippen molar-refractivity contribution in [2.24, 2.45) is 0 Å². The molecule has 14 heteroatoms. The fourth-order valence-electron chi connectivity index (χ4n) is 5.24. The first-order chi connectivity index (χ1) is 21.2. The van der Waals surface area contributed by atoms with Gasteiger partial charge in [-0.2, -0.15) is 13.2 Å². The van der Waals surface area contributed by atoms with Crippen LogP contribution in [-0.4, -0.2) is 62.3 Å². The molecule has 5 rings (SSSR count). The summed E-state index contributed by atoms with van der Waals surface area (Å²) in [6.45, 7) is -1.13. The zero-order valence-corrected chi connectivity index (χ0v) is 23.7. The van der Waals surface area contributed by atoms with Crippen LogP contribution in [0.3, 0.4) is 0 Å². The van der Waals surface area contributed by atoms with Crippen molar-refractivity contribution in [1.29, 1.82) is 0 Å². The number of hydrogen-bond donors (Lipinski definition) is 1. The fraction of sp³-hybridized carbons (Fsp3) is 0.258. The van der Waals surface area contributed by atoms with Gasteiger partial charge < -0.3 is 14.4 Å². The van der Waals surface area contributed by atoms with E-state index in [1.807, 2.05) is 0 Å². The van der Waals surface area contributed by atoms with E-state index in [0.717, 1.165) is 0 Å². The molecule has 1 aliphatic rings. The molecule has 2 aromatic carbocycles. The quantitative estimate of drug-likeness (QED) is 0.168. The monoisotopic (exact) mass is 629 g/mol. The summed E-state index contributed by atoms with van der Waals surface area (Å²) in [4.78, 5) is 56.3. The van der Waals surface area contributed by atoms with Crippen molar-refractivity contribution < 1.29 is 46.2 Å². The molecule has 1 unspecified atom stereocenters. The average Bonchev–Trinajstić information content (AvgIpc) is 3.22. The summed E-state index contributed by atoms with van der Waals surface area (Å²) in [7, 11) is 0. The zero-order chi connectivity index (χ0) is 32.8. The Balaban J connectivity index is 1.70. The highest BCUT2D eigenvalue weighted by atomic mass is 19.4. The average molecular weight is 630 g/mol. The Morgan fingerprint density at radius 2 is 1.56 bits per heavy atom. The van der Waals surface area contributed by atoms with Gasteiger partial charge in [-0.15, -0.1) is 0 Å². The number of nitrogens with zero attached hydrogens (tertiary/aromatic N) is 3. The van der Waals surface area contributed by atoms with Crippen molar-refractivity contribution in [3.05, 3.63) is 104 Å². The van der Waals surface area contributed by atoms with Crippen LogP contribution in [-0.2, 0) is 17.7 Å². The second-order valence-electron chi connectivity index (χ2n) is 10.4. The molecule has 0 fully saturated rings. The van der Waals surface area contributed by atoms with Crippen molar-refractivity contribution in [2.45, 2.75) is 38.7 Å². The topological polar surface area (TPSA) is 119 Å². The molecule has 0 saturated heterocycles. The Hall–Kier alpha value is -5.14. The molecular formula is C31H24F5N3O6. The molecule has 4 aromatic rings. The van der Waals surface area contributed by atoms with Crippen LogP contribution in [0.2, 0.25) is 0 Å². The fourth-order valence-corrected chi connectivity index (χ4v) is 5.24. The highest BCUT2D eigenvalue weighted by Gasteiger charge is 2.59. The van der Waals surface area contributed by atoms with Gasteiger partial charge in [-0.1, -0.05) is 24.3 Å². The molecule has 0 aliphatic carbocycles. The van der Waals surface area contributed by atoms with Crippen LogP contribution in [0.25, 0.3) is 11.0 Å². The number of benzene rings is 2. The summed E-state index contributed by atoms with van der Waals surface area (Å²) in [5.41, 5.74) is -7.39. The minimum absolute atomic E-state index is 0.0543. The SMILES string of the molecule is CCOC(=O)c1c(O)c2ncc(Cc3ccc(F)cc3)c(C)c2n(CC(F)(CN2C(=O)c3ccccc3C2=O)C(F)(F)F)c1=O. The lowest BCUT2D eigenvalue weighted by Gasteiger charge is -2.32. The summed E-state index contributed by atoms with van der Waals surface area (Å²) in [5.74, 6) is -5.20. The number of carbonyl (C=O) groups is 3. The molecule has 234 valence electrons. The van der Waals surface area contributed by atoms with E-state index in [-0.39, 0.29) is 34.6 Å². The van der Waals surface area contributed by atoms with Gasteiger partial charge in [-0.3, -0.25) is 24.3 Å². The molecule has 3 heterocycles. The maximum Gasteiger partial charge on any atom is 0.426 e. The number of pyridine rings is 2. The summed E-state index contributed by atoms with van der Waals surface area (Å²) in [6.07, 6.45) is -4.45. The number of rotatable bonds is 8. The predicted molar refractivity (Wildman–Crippen MR) is 149 cm³/mol. The third kappa shape index (κ3) is 5.40. The lowest BCUT2D eigenvalue weighted by Crippen LogP contribution is -2.55. The molecule has 0 spiro atoms. The smallest absolute Gasteiger partial charge is 0.426 e. The first-order valence-corrected chi connectivity index (χ1v) is 13.5. The van der Waals surface area contributed by atoms with E-state index >= 15 is 4.39 Å². The molecule has 1 aliphatic heterocycles. The van der Waals surface area contributed by atoms with Crippen LogP contribution in [0, 0.1) is 12.7 Å². The number of alkyl halides is 4. The van der Waals surface area contributed by atoms with Gasteiger partial charge in [0.25, 0.3) is 17.4 Å². The summed E-state index contributed by atoms with van der Waals surface area (Å²) in [5, 5.41) is 10.9. The van der Waals surface area contributed by atoms with Crippen molar-refractivity contribution in [1.82, 2.24) is 14.5 Å². The second-order valence-corrected chi connectivity index (χ2v) is 10.4. The predicted octanol–water partition coefficient (Wildman–Crippen LogP) is 4.88. The molecular weight excluding hydrogens is 605 g/mol. The van der Waals surface area contributed by atoms with Crippen LogP contribution >= 0.6 is 0 Å². The number of aromatic hydroxyl groups is 1. The van der Waals surface area contributed by atoms with Crippen LogP contribution in [0.4, 0.5) is 22.0 Å². The van der Waals surface area contributed by atoms with E-state index in [0.29, 0.717) is 15.7 Å². The second kappa shape index (κ2) is 11.4. The van der Waals surface area contributed by atoms with Crippen molar-refractivity contribution in [3.8, 4) is 5.75 Å². The van der Waals surface area contributed by atoms with Crippen molar-refractivity contribution >= 4 is 28.8 Å². The van der Waals surface area contributed by atoms with Crippen LogP contribution in [0.1, 0.15) is 54.7 Å².